The second kappa shape index (κ2) is 7.29. The van der Waals surface area contributed by atoms with Crippen molar-refractivity contribution in [3.05, 3.63) is 35.4 Å². The number of carboxylic acid groups (broad SMARTS) is 1. The van der Waals surface area contributed by atoms with Gasteiger partial charge < -0.3 is 5.11 Å². The molecule has 0 fully saturated rings. The molecule has 0 aliphatic carbocycles. The van der Waals surface area contributed by atoms with Crippen LogP contribution in [0.15, 0.2) is 24.3 Å². The molecule has 0 aromatic heterocycles. The monoisotopic (exact) mass is 263 g/mol. The Morgan fingerprint density at radius 2 is 1.79 bits per heavy atom. The summed E-state index contributed by atoms with van der Waals surface area (Å²) in [4.78, 5) is 11.2. The van der Waals surface area contributed by atoms with E-state index in [1.807, 2.05) is 20.8 Å². The van der Waals surface area contributed by atoms with E-state index in [4.69, 9.17) is 0 Å². The summed E-state index contributed by atoms with van der Waals surface area (Å²) < 4.78 is 0. The van der Waals surface area contributed by atoms with E-state index >= 15 is 0 Å². The number of carbonyl (C=O) groups is 1. The molecule has 2 atom stereocenters. The van der Waals surface area contributed by atoms with E-state index in [0.717, 1.165) is 18.4 Å². The lowest BCUT2D eigenvalue weighted by Gasteiger charge is -2.23. The van der Waals surface area contributed by atoms with Crippen molar-refractivity contribution in [1.29, 1.82) is 0 Å². The van der Waals surface area contributed by atoms with Gasteiger partial charge >= 0.3 is 5.97 Å². The lowest BCUT2D eigenvalue weighted by atomic mass is 10.00. The lowest BCUT2D eigenvalue weighted by molar-refractivity contribution is -0.140. The van der Waals surface area contributed by atoms with Gasteiger partial charge in [0.1, 0.15) is 6.04 Å². The van der Waals surface area contributed by atoms with Crippen molar-refractivity contribution < 1.29 is 9.90 Å². The third-order valence-electron chi connectivity index (χ3n) is 3.38. The second-order valence-corrected chi connectivity index (χ2v) is 5.44. The third kappa shape index (κ3) is 4.67. The molecule has 1 rings (SSSR count). The van der Waals surface area contributed by atoms with E-state index in [-0.39, 0.29) is 12.0 Å². The lowest BCUT2D eigenvalue weighted by Crippen LogP contribution is -2.42. The van der Waals surface area contributed by atoms with Crippen LogP contribution >= 0.6 is 0 Å². The van der Waals surface area contributed by atoms with Gasteiger partial charge in [0.05, 0.1) is 0 Å². The van der Waals surface area contributed by atoms with E-state index in [1.54, 1.807) is 0 Å². The van der Waals surface area contributed by atoms with Crippen LogP contribution < -0.4 is 5.32 Å². The SMILES string of the molecule is CCCc1ccc(C(C)NC(C(=O)O)C(C)C)cc1. The Balaban J connectivity index is 2.71. The summed E-state index contributed by atoms with van der Waals surface area (Å²) in [5.41, 5.74) is 2.46. The fourth-order valence-electron chi connectivity index (χ4n) is 2.18. The normalized spacial score (nSPS) is 14.4. The summed E-state index contributed by atoms with van der Waals surface area (Å²) in [6, 6.07) is 7.96. The molecule has 2 unspecified atom stereocenters. The Labute approximate surface area is 116 Å². The minimum atomic E-state index is -0.788. The molecular weight excluding hydrogens is 238 g/mol. The first-order valence-electron chi connectivity index (χ1n) is 7.03. The van der Waals surface area contributed by atoms with E-state index in [2.05, 4.69) is 36.5 Å². The Hall–Kier alpha value is -1.35. The Morgan fingerprint density at radius 1 is 1.21 bits per heavy atom. The fraction of sp³-hybridized carbons (Fsp3) is 0.562. The maximum Gasteiger partial charge on any atom is 0.320 e. The topological polar surface area (TPSA) is 49.3 Å². The minimum Gasteiger partial charge on any atom is -0.480 e. The van der Waals surface area contributed by atoms with E-state index < -0.39 is 12.0 Å². The number of carboxylic acids is 1. The maximum atomic E-state index is 11.2. The molecule has 0 saturated heterocycles. The van der Waals surface area contributed by atoms with Crippen LogP contribution in [-0.2, 0) is 11.2 Å². The van der Waals surface area contributed by atoms with Crippen molar-refractivity contribution in [2.75, 3.05) is 0 Å². The molecule has 0 heterocycles. The molecule has 0 bridgehead atoms. The standard InChI is InChI=1S/C16H25NO2/c1-5-6-13-7-9-14(10-8-13)12(4)17-15(11(2)3)16(18)19/h7-12,15,17H,5-6H2,1-4H3,(H,18,19). The van der Waals surface area contributed by atoms with Crippen molar-refractivity contribution in [2.45, 2.75) is 52.6 Å². The predicted octanol–water partition coefficient (Wildman–Crippen LogP) is 3.40. The average molecular weight is 263 g/mol. The largest absolute Gasteiger partial charge is 0.480 e. The highest BCUT2D eigenvalue weighted by atomic mass is 16.4. The van der Waals surface area contributed by atoms with Gasteiger partial charge in [-0.05, 0) is 30.4 Å². The fourth-order valence-corrected chi connectivity index (χ4v) is 2.18. The van der Waals surface area contributed by atoms with Gasteiger partial charge in [-0.2, -0.15) is 0 Å². The van der Waals surface area contributed by atoms with Crippen LogP contribution in [0.5, 0.6) is 0 Å². The number of aryl methyl sites for hydroxylation is 1. The molecular formula is C16H25NO2. The Morgan fingerprint density at radius 3 is 2.21 bits per heavy atom. The van der Waals surface area contributed by atoms with Crippen LogP contribution in [0.25, 0.3) is 0 Å². The van der Waals surface area contributed by atoms with Gasteiger partial charge in [-0.1, -0.05) is 51.5 Å². The van der Waals surface area contributed by atoms with Gasteiger partial charge in [0.2, 0.25) is 0 Å². The highest BCUT2D eigenvalue weighted by Gasteiger charge is 2.23. The number of nitrogens with one attached hydrogen (secondary N) is 1. The smallest absolute Gasteiger partial charge is 0.320 e. The van der Waals surface area contributed by atoms with Crippen LogP contribution in [0.2, 0.25) is 0 Å². The van der Waals surface area contributed by atoms with Gasteiger partial charge in [-0.15, -0.1) is 0 Å². The van der Waals surface area contributed by atoms with Gasteiger partial charge in [0.15, 0.2) is 0 Å². The zero-order chi connectivity index (χ0) is 14.4. The summed E-state index contributed by atoms with van der Waals surface area (Å²) in [7, 11) is 0. The highest BCUT2D eigenvalue weighted by Crippen LogP contribution is 2.16. The highest BCUT2D eigenvalue weighted by molar-refractivity contribution is 5.73. The molecule has 106 valence electrons. The molecule has 19 heavy (non-hydrogen) atoms. The summed E-state index contributed by atoms with van der Waals surface area (Å²) in [6.45, 7) is 8.01. The predicted molar refractivity (Wildman–Crippen MR) is 78.2 cm³/mol. The molecule has 0 spiro atoms. The van der Waals surface area contributed by atoms with Gasteiger partial charge in [0.25, 0.3) is 0 Å². The number of hydrogen-bond acceptors (Lipinski definition) is 2. The quantitative estimate of drug-likeness (QED) is 0.792. The van der Waals surface area contributed by atoms with E-state index in [0.29, 0.717) is 0 Å². The van der Waals surface area contributed by atoms with Crippen molar-refractivity contribution in [1.82, 2.24) is 5.32 Å². The van der Waals surface area contributed by atoms with E-state index in [9.17, 15) is 9.90 Å². The Kier molecular flexibility index (Phi) is 6.03. The molecule has 1 aromatic carbocycles. The van der Waals surface area contributed by atoms with E-state index in [1.165, 1.54) is 5.56 Å². The molecule has 1 aromatic rings. The van der Waals surface area contributed by atoms with Crippen molar-refractivity contribution >= 4 is 5.97 Å². The molecule has 0 aliphatic rings. The third-order valence-corrected chi connectivity index (χ3v) is 3.38. The minimum absolute atomic E-state index is 0.0409. The Bertz CT molecular complexity index is 398. The first-order chi connectivity index (χ1) is 8.95. The molecule has 0 amide bonds. The average Bonchev–Trinajstić information content (AvgIpc) is 2.36. The van der Waals surface area contributed by atoms with Crippen LogP contribution in [-0.4, -0.2) is 17.1 Å². The molecule has 3 nitrogen and oxygen atoms in total. The van der Waals surface area contributed by atoms with Crippen molar-refractivity contribution in [3.63, 3.8) is 0 Å². The first-order valence-corrected chi connectivity index (χ1v) is 7.03. The molecule has 2 N–H and O–H groups in total. The zero-order valence-electron chi connectivity index (χ0n) is 12.3. The molecule has 0 aliphatic heterocycles. The molecule has 0 radical (unpaired) electrons. The van der Waals surface area contributed by atoms with Crippen molar-refractivity contribution in [3.8, 4) is 0 Å². The van der Waals surface area contributed by atoms with Gasteiger partial charge in [-0.3, -0.25) is 10.1 Å². The van der Waals surface area contributed by atoms with Crippen molar-refractivity contribution in [2.24, 2.45) is 5.92 Å². The van der Waals surface area contributed by atoms with Gasteiger partial charge in [-0.25, -0.2) is 0 Å². The second-order valence-electron chi connectivity index (χ2n) is 5.44. The summed E-state index contributed by atoms with van der Waals surface area (Å²) in [5.74, 6) is -0.719. The van der Waals surface area contributed by atoms with Crippen LogP contribution in [0, 0.1) is 5.92 Å². The molecule has 3 heteroatoms. The number of rotatable bonds is 7. The van der Waals surface area contributed by atoms with Crippen LogP contribution in [0.4, 0.5) is 0 Å². The first kappa shape index (κ1) is 15.7. The number of aliphatic carboxylic acids is 1. The number of hydrogen-bond donors (Lipinski definition) is 2. The van der Waals surface area contributed by atoms with Gasteiger partial charge in [0, 0.05) is 6.04 Å². The summed E-state index contributed by atoms with van der Waals surface area (Å²) in [5, 5.41) is 12.4. The summed E-state index contributed by atoms with van der Waals surface area (Å²) in [6.07, 6.45) is 2.23. The number of benzene rings is 1. The van der Waals surface area contributed by atoms with Crippen LogP contribution in [0.1, 0.15) is 51.3 Å². The molecule has 0 saturated carbocycles. The summed E-state index contributed by atoms with van der Waals surface area (Å²) >= 11 is 0. The zero-order valence-corrected chi connectivity index (χ0v) is 12.3. The maximum absolute atomic E-state index is 11.2. The van der Waals surface area contributed by atoms with Crippen LogP contribution in [0.3, 0.4) is 0 Å².